The summed E-state index contributed by atoms with van der Waals surface area (Å²) >= 11 is 0. The van der Waals surface area contributed by atoms with Crippen molar-refractivity contribution >= 4 is 17.4 Å². The van der Waals surface area contributed by atoms with Gasteiger partial charge in [0.1, 0.15) is 23.4 Å². The van der Waals surface area contributed by atoms with Crippen molar-refractivity contribution in [1.82, 2.24) is 9.80 Å². The van der Waals surface area contributed by atoms with Crippen molar-refractivity contribution in [1.29, 1.82) is 0 Å². The predicted molar refractivity (Wildman–Crippen MR) is 116 cm³/mol. The molecule has 4 rings (SSSR count). The van der Waals surface area contributed by atoms with E-state index in [1.165, 1.54) is 17.0 Å². The fourth-order valence-corrected chi connectivity index (χ4v) is 4.18. The molecule has 0 aromatic heterocycles. The molecule has 2 aliphatic rings. The zero-order valence-corrected chi connectivity index (χ0v) is 17.8. The lowest BCUT2D eigenvalue weighted by atomic mass is 9.94. The lowest BCUT2D eigenvalue weighted by Crippen LogP contribution is -2.35. The number of carbonyl (C=O) groups is 2. The van der Waals surface area contributed by atoms with E-state index in [4.69, 9.17) is 4.74 Å². The first-order chi connectivity index (χ1) is 14.8. The van der Waals surface area contributed by atoms with Crippen molar-refractivity contribution in [3.63, 3.8) is 0 Å². The molecule has 2 heterocycles. The van der Waals surface area contributed by atoms with Gasteiger partial charge in [-0.1, -0.05) is 12.1 Å². The minimum atomic E-state index is -0.782. The van der Waals surface area contributed by atoms with Gasteiger partial charge in [-0.05, 0) is 62.5 Å². The highest BCUT2D eigenvalue weighted by Crippen LogP contribution is 2.41. The highest BCUT2D eigenvalue weighted by molar-refractivity contribution is 6.46. The molecular weight excluding hydrogens is 396 g/mol. The van der Waals surface area contributed by atoms with Gasteiger partial charge < -0.3 is 24.7 Å². The summed E-state index contributed by atoms with van der Waals surface area (Å²) in [6.07, 6.45) is 0.764. The smallest absolute Gasteiger partial charge is 0.295 e. The zero-order valence-electron chi connectivity index (χ0n) is 17.8. The number of ether oxygens (including phenoxy) is 1. The van der Waals surface area contributed by atoms with Crippen LogP contribution in [-0.2, 0) is 16.0 Å². The maximum absolute atomic E-state index is 13.0. The summed E-state index contributed by atoms with van der Waals surface area (Å²) < 4.78 is 5.72. The van der Waals surface area contributed by atoms with Gasteiger partial charge in [0.05, 0.1) is 11.6 Å². The molecule has 2 aromatic carbocycles. The topological polar surface area (TPSA) is 90.3 Å². The number of benzene rings is 2. The molecule has 2 atom stereocenters. The van der Waals surface area contributed by atoms with Crippen LogP contribution in [0.4, 0.5) is 0 Å². The van der Waals surface area contributed by atoms with Gasteiger partial charge >= 0.3 is 0 Å². The Morgan fingerprint density at radius 3 is 2.68 bits per heavy atom. The molecule has 0 bridgehead atoms. The van der Waals surface area contributed by atoms with Crippen LogP contribution in [0.1, 0.15) is 29.7 Å². The minimum absolute atomic E-state index is 0.0272. The number of phenols is 1. The number of aliphatic hydroxyl groups is 1. The summed E-state index contributed by atoms with van der Waals surface area (Å²) in [4.78, 5) is 29.3. The van der Waals surface area contributed by atoms with Crippen LogP contribution in [0, 0.1) is 0 Å². The number of rotatable bonds is 5. The van der Waals surface area contributed by atoms with Crippen molar-refractivity contribution in [3.8, 4) is 11.5 Å². The van der Waals surface area contributed by atoms with Crippen LogP contribution < -0.4 is 4.74 Å². The van der Waals surface area contributed by atoms with E-state index in [1.54, 1.807) is 30.3 Å². The average molecular weight is 422 g/mol. The van der Waals surface area contributed by atoms with Gasteiger partial charge in [-0.3, -0.25) is 9.59 Å². The van der Waals surface area contributed by atoms with Crippen molar-refractivity contribution in [2.24, 2.45) is 0 Å². The molecule has 31 heavy (non-hydrogen) atoms. The van der Waals surface area contributed by atoms with Crippen molar-refractivity contribution in [3.05, 3.63) is 64.7 Å². The molecule has 1 fully saturated rings. The second-order valence-electron chi connectivity index (χ2n) is 8.35. The first kappa shape index (κ1) is 20.9. The molecule has 0 unspecified atom stereocenters. The molecule has 162 valence electrons. The molecule has 7 nitrogen and oxygen atoms in total. The van der Waals surface area contributed by atoms with Crippen LogP contribution in [0.5, 0.6) is 11.5 Å². The molecule has 0 aliphatic carbocycles. The standard InChI is InChI=1S/C24H26N2O5/c1-14-11-17-12-16(7-8-19(17)31-14)22(28)20-21(15-5-4-6-18(27)13-15)26(10-9-25(2)3)24(30)23(20)29/h4-8,12-14,21,27-28H,9-11H2,1-3H3/t14-,21-/m0/s1. The summed E-state index contributed by atoms with van der Waals surface area (Å²) in [5, 5.41) is 21.2. The number of Topliss-reactive ketones (excluding diaryl/α,β-unsaturated/α-hetero) is 1. The molecule has 2 aliphatic heterocycles. The number of carbonyl (C=O) groups excluding carboxylic acids is 2. The number of fused-ring (bicyclic) bond motifs is 1. The van der Waals surface area contributed by atoms with E-state index >= 15 is 0 Å². The summed E-state index contributed by atoms with van der Waals surface area (Å²) in [6.45, 7) is 2.83. The van der Waals surface area contributed by atoms with Gasteiger partial charge in [-0.2, -0.15) is 0 Å². The molecule has 0 spiro atoms. The Morgan fingerprint density at radius 2 is 1.97 bits per heavy atom. The number of nitrogens with zero attached hydrogens (tertiary/aromatic N) is 2. The third kappa shape index (κ3) is 3.88. The van der Waals surface area contributed by atoms with E-state index < -0.39 is 17.7 Å². The van der Waals surface area contributed by atoms with Gasteiger partial charge in [0.15, 0.2) is 0 Å². The van der Waals surface area contributed by atoms with Crippen LogP contribution in [0.25, 0.3) is 5.76 Å². The second kappa shape index (κ2) is 8.07. The average Bonchev–Trinajstić information content (AvgIpc) is 3.22. The number of hydrogen-bond donors (Lipinski definition) is 2. The monoisotopic (exact) mass is 422 g/mol. The molecular formula is C24H26N2O5. The number of aliphatic hydroxyl groups excluding tert-OH is 1. The SMILES string of the molecule is C[C@H]1Cc2cc(C(O)=C3C(=O)C(=O)N(CCN(C)C)[C@H]3c3cccc(O)c3)ccc2O1. The number of amides is 1. The Balaban J connectivity index is 1.82. The third-order valence-corrected chi connectivity index (χ3v) is 5.68. The van der Waals surface area contributed by atoms with Crippen molar-refractivity contribution in [2.45, 2.75) is 25.5 Å². The van der Waals surface area contributed by atoms with E-state index in [0.717, 1.165) is 11.3 Å². The fraction of sp³-hybridized carbons (Fsp3) is 0.333. The van der Waals surface area contributed by atoms with Crippen LogP contribution >= 0.6 is 0 Å². The first-order valence-corrected chi connectivity index (χ1v) is 10.3. The normalized spacial score (nSPS) is 22.1. The zero-order chi connectivity index (χ0) is 22.3. The highest BCUT2D eigenvalue weighted by Gasteiger charge is 2.46. The first-order valence-electron chi connectivity index (χ1n) is 10.3. The molecule has 2 N–H and O–H groups in total. The lowest BCUT2D eigenvalue weighted by molar-refractivity contribution is -0.140. The second-order valence-corrected chi connectivity index (χ2v) is 8.35. The van der Waals surface area contributed by atoms with E-state index in [1.807, 2.05) is 25.9 Å². The predicted octanol–water partition coefficient (Wildman–Crippen LogP) is 2.70. The summed E-state index contributed by atoms with van der Waals surface area (Å²) in [5.41, 5.74) is 2.01. The Labute approximate surface area is 181 Å². The Bertz CT molecular complexity index is 1080. The van der Waals surface area contributed by atoms with Crippen LogP contribution in [0.2, 0.25) is 0 Å². The van der Waals surface area contributed by atoms with Gasteiger partial charge in [-0.15, -0.1) is 0 Å². The van der Waals surface area contributed by atoms with Gasteiger partial charge in [0.25, 0.3) is 11.7 Å². The Hall–Kier alpha value is -3.32. The molecule has 1 amide bonds. The van der Waals surface area contributed by atoms with E-state index in [0.29, 0.717) is 30.6 Å². The number of phenolic OH excluding ortho intramolecular Hbond substituents is 1. The maximum Gasteiger partial charge on any atom is 0.295 e. The fourth-order valence-electron chi connectivity index (χ4n) is 4.18. The van der Waals surface area contributed by atoms with Crippen molar-refractivity contribution in [2.75, 3.05) is 27.2 Å². The molecule has 0 radical (unpaired) electrons. The van der Waals surface area contributed by atoms with Crippen LogP contribution in [-0.4, -0.2) is 65.0 Å². The van der Waals surface area contributed by atoms with E-state index in [2.05, 4.69) is 0 Å². The van der Waals surface area contributed by atoms with Crippen LogP contribution in [0.15, 0.2) is 48.0 Å². The maximum atomic E-state index is 13.0. The lowest BCUT2D eigenvalue weighted by Gasteiger charge is -2.26. The molecule has 0 saturated carbocycles. The highest BCUT2D eigenvalue weighted by atomic mass is 16.5. The minimum Gasteiger partial charge on any atom is -0.508 e. The molecule has 7 heteroatoms. The number of ketones is 1. The quantitative estimate of drug-likeness (QED) is 0.438. The Kier molecular flexibility index (Phi) is 5.45. The third-order valence-electron chi connectivity index (χ3n) is 5.68. The molecule has 1 saturated heterocycles. The summed E-state index contributed by atoms with van der Waals surface area (Å²) in [5.74, 6) is -0.814. The molecule has 2 aromatic rings. The number of aromatic hydroxyl groups is 1. The van der Waals surface area contributed by atoms with Gasteiger partial charge in [0.2, 0.25) is 0 Å². The van der Waals surface area contributed by atoms with E-state index in [-0.39, 0.29) is 23.2 Å². The van der Waals surface area contributed by atoms with Crippen LogP contribution in [0.3, 0.4) is 0 Å². The Morgan fingerprint density at radius 1 is 1.19 bits per heavy atom. The summed E-state index contributed by atoms with van der Waals surface area (Å²) in [7, 11) is 3.76. The largest absolute Gasteiger partial charge is 0.508 e. The number of hydrogen-bond acceptors (Lipinski definition) is 6. The number of likely N-dealkylation sites (tertiary alicyclic amines) is 1. The van der Waals surface area contributed by atoms with E-state index in [9.17, 15) is 19.8 Å². The number of likely N-dealkylation sites (N-methyl/N-ethyl adjacent to an activating group) is 1. The van der Waals surface area contributed by atoms with Gasteiger partial charge in [0, 0.05) is 25.1 Å². The summed E-state index contributed by atoms with van der Waals surface area (Å²) in [6, 6.07) is 10.9. The van der Waals surface area contributed by atoms with Gasteiger partial charge in [-0.25, -0.2) is 0 Å². The van der Waals surface area contributed by atoms with Crippen molar-refractivity contribution < 1.29 is 24.5 Å².